The maximum atomic E-state index is 13.8. The lowest BCUT2D eigenvalue weighted by atomic mass is 10.1. The van der Waals surface area contributed by atoms with E-state index in [2.05, 4.69) is 0 Å². The van der Waals surface area contributed by atoms with Crippen LogP contribution in [-0.2, 0) is 10.5 Å². The molecule has 0 atom stereocenters. The van der Waals surface area contributed by atoms with E-state index in [1.807, 2.05) is 6.07 Å². The number of ether oxygens (including phenoxy) is 1. The Hall–Kier alpha value is -1.05. The van der Waals surface area contributed by atoms with Gasteiger partial charge in [0, 0.05) is 24.2 Å². The maximum Gasteiger partial charge on any atom is 0.144 e. The van der Waals surface area contributed by atoms with Crippen LogP contribution in [0.5, 0.6) is 0 Å². The topological polar surface area (TPSA) is 33.0 Å². The van der Waals surface area contributed by atoms with E-state index in [0.717, 1.165) is 26.1 Å². The summed E-state index contributed by atoms with van der Waals surface area (Å²) in [6, 6.07) is 6.87. The van der Waals surface area contributed by atoms with E-state index in [4.69, 9.17) is 10.00 Å². The van der Waals surface area contributed by atoms with Crippen LogP contribution in [0.25, 0.3) is 0 Å². The fraction of sp³-hybridized carbons (Fsp3) is 0.462. The van der Waals surface area contributed by atoms with Crippen LogP contribution in [0.4, 0.5) is 4.39 Å². The largest absolute Gasteiger partial charge is 0.381 e. The number of rotatable bonds is 3. The third-order valence-corrected chi connectivity index (χ3v) is 4.26. The van der Waals surface area contributed by atoms with E-state index >= 15 is 0 Å². The van der Waals surface area contributed by atoms with Crippen molar-refractivity contribution in [2.24, 2.45) is 0 Å². The van der Waals surface area contributed by atoms with Crippen molar-refractivity contribution in [2.75, 3.05) is 13.2 Å². The van der Waals surface area contributed by atoms with Gasteiger partial charge in [0.15, 0.2) is 0 Å². The fourth-order valence-corrected chi connectivity index (χ4v) is 2.99. The van der Waals surface area contributed by atoms with Crippen LogP contribution in [0.1, 0.15) is 24.0 Å². The monoisotopic (exact) mass is 251 g/mol. The zero-order chi connectivity index (χ0) is 12.1. The molecule has 0 spiro atoms. The highest BCUT2D eigenvalue weighted by atomic mass is 32.2. The first kappa shape index (κ1) is 12.4. The van der Waals surface area contributed by atoms with Gasteiger partial charge < -0.3 is 4.74 Å². The lowest BCUT2D eigenvalue weighted by Crippen LogP contribution is -2.17. The van der Waals surface area contributed by atoms with Crippen LogP contribution in [0, 0.1) is 17.1 Å². The Balaban J connectivity index is 1.96. The van der Waals surface area contributed by atoms with Crippen molar-refractivity contribution in [2.45, 2.75) is 23.8 Å². The van der Waals surface area contributed by atoms with E-state index < -0.39 is 0 Å². The highest BCUT2D eigenvalue weighted by Gasteiger charge is 2.15. The van der Waals surface area contributed by atoms with Gasteiger partial charge in [0.2, 0.25) is 0 Å². The zero-order valence-electron chi connectivity index (χ0n) is 9.49. The average Bonchev–Trinajstić information content (AvgIpc) is 2.39. The second kappa shape index (κ2) is 6.04. The predicted octanol–water partition coefficient (Wildman–Crippen LogP) is 3.11. The maximum absolute atomic E-state index is 13.8. The van der Waals surface area contributed by atoms with Gasteiger partial charge in [-0.25, -0.2) is 4.39 Å². The number of nitriles is 1. The molecule has 0 aromatic heterocycles. The minimum absolute atomic E-state index is 0.134. The number of halogens is 1. The molecule has 0 radical (unpaired) electrons. The molecular weight excluding hydrogens is 237 g/mol. The molecular formula is C13H14FNOS. The van der Waals surface area contributed by atoms with Gasteiger partial charge in [-0.3, -0.25) is 0 Å². The molecule has 0 amide bonds. The van der Waals surface area contributed by atoms with Crippen molar-refractivity contribution in [3.8, 4) is 6.07 Å². The fourth-order valence-electron chi connectivity index (χ4n) is 1.83. The van der Waals surface area contributed by atoms with E-state index in [9.17, 15) is 4.39 Å². The molecule has 0 aliphatic carbocycles. The summed E-state index contributed by atoms with van der Waals surface area (Å²) >= 11 is 1.75. The molecule has 1 aromatic rings. The van der Waals surface area contributed by atoms with Crippen molar-refractivity contribution < 1.29 is 9.13 Å². The molecule has 17 heavy (non-hydrogen) atoms. The highest BCUT2D eigenvalue weighted by molar-refractivity contribution is 7.99. The SMILES string of the molecule is N#Cc1cccc(CSC2CCOCC2)c1F. The molecule has 90 valence electrons. The number of nitrogens with zero attached hydrogens (tertiary/aromatic N) is 1. The Bertz CT molecular complexity index is 424. The van der Waals surface area contributed by atoms with Crippen LogP contribution >= 0.6 is 11.8 Å². The Morgan fingerprint density at radius 1 is 1.41 bits per heavy atom. The first-order valence-electron chi connectivity index (χ1n) is 5.68. The molecule has 0 bridgehead atoms. The molecule has 1 saturated heterocycles. The third-order valence-electron chi connectivity index (χ3n) is 2.84. The van der Waals surface area contributed by atoms with Crippen LogP contribution < -0.4 is 0 Å². The molecule has 1 aliphatic heterocycles. The predicted molar refractivity (Wildman–Crippen MR) is 66.3 cm³/mol. The quantitative estimate of drug-likeness (QED) is 0.827. The summed E-state index contributed by atoms with van der Waals surface area (Å²) in [5.74, 6) is 0.265. The summed E-state index contributed by atoms with van der Waals surface area (Å²) in [7, 11) is 0. The van der Waals surface area contributed by atoms with Crippen LogP contribution in [-0.4, -0.2) is 18.5 Å². The van der Waals surface area contributed by atoms with Gasteiger partial charge in [-0.1, -0.05) is 12.1 Å². The molecule has 4 heteroatoms. The summed E-state index contributed by atoms with van der Waals surface area (Å²) in [5, 5.41) is 9.30. The van der Waals surface area contributed by atoms with Gasteiger partial charge >= 0.3 is 0 Å². The lowest BCUT2D eigenvalue weighted by Gasteiger charge is -2.21. The smallest absolute Gasteiger partial charge is 0.144 e. The first-order chi connectivity index (χ1) is 8.31. The molecule has 0 unspecified atom stereocenters. The first-order valence-corrected chi connectivity index (χ1v) is 6.73. The average molecular weight is 251 g/mol. The number of hydrogen-bond donors (Lipinski definition) is 0. The van der Waals surface area contributed by atoms with Gasteiger partial charge in [0.1, 0.15) is 11.9 Å². The standard InChI is InChI=1S/C13H14FNOS/c14-13-10(8-15)2-1-3-11(13)9-17-12-4-6-16-7-5-12/h1-3,12H,4-7,9H2. The van der Waals surface area contributed by atoms with Crippen molar-refractivity contribution in [1.29, 1.82) is 5.26 Å². The summed E-state index contributed by atoms with van der Waals surface area (Å²) in [5.41, 5.74) is 0.760. The summed E-state index contributed by atoms with van der Waals surface area (Å²) in [6.07, 6.45) is 2.06. The number of benzene rings is 1. The summed E-state index contributed by atoms with van der Waals surface area (Å²) in [4.78, 5) is 0. The Kier molecular flexibility index (Phi) is 4.41. The molecule has 1 aromatic carbocycles. The van der Waals surface area contributed by atoms with Gasteiger partial charge in [-0.15, -0.1) is 0 Å². The van der Waals surface area contributed by atoms with E-state index in [-0.39, 0.29) is 11.4 Å². The van der Waals surface area contributed by atoms with Gasteiger partial charge in [-0.2, -0.15) is 17.0 Å². The van der Waals surface area contributed by atoms with E-state index in [0.29, 0.717) is 16.6 Å². The Labute approximate surface area is 105 Å². The third kappa shape index (κ3) is 3.21. The van der Waals surface area contributed by atoms with Gasteiger partial charge in [0.05, 0.1) is 5.56 Å². The normalized spacial score (nSPS) is 16.7. The van der Waals surface area contributed by atoms with Crippen molar-refractivity contribution in [3.63, 3.8) is 0 Å². The highest BCUT2D eigenvalue weighted by Crippen LogP contribution is 2.27. The Morgan fingerprint density at radius 3 is 2.88 bits per heavy atom. The zero-order valence-corrected chi connectivity index (χ0v) is 10.3. The van der Waals surface area contributed by atoms with Crippen LogP contribution in [0.2, 0.25) is 0 Å². The minimum atomic E-state index is -0.366. The Morgan fingerprint density at radius 2 is 2.18 bits per heavy atom. The molecule has 0 N–H and O–H groups in total. The summed E-state index contributed by atoms with van der Waals surface area (Å²) < 4.78 is 19.0. The van der Waals surface area contributed by atoms with Crippen LogP contribution in [0.3, 0.4) is 0 Å². The minimum Gasteiger partial charge on any atom is -0.381 e. The van der Waals surface area contributed by atoms with Crippen molar-refractivity contribution in [3.05, 3.63) is 35.1 Å². The molecule has 2 rings (SSSR count). The second-order valence-electron chi connectivity index (χ2n) is 4.01. The van der Waals surface area contributed by atoms with Crippen molar-refractivity contribution in [1.82, 2.24) is 0 Å². The van der Waals surface area contributed by atoms with E-state index in [1.165, 1.54) is 6.07 Å². The molecule has 0 saturated carbocycles. The number of thioether (sulfide) groups is 1. The van der Waals surface area contributed by atoms with Crippen molar-refractivity contribution >= 4 is 11.8 Å². The summed E-state index contributed by atoms with van der Waals surface area (Å²) in [6.45, 7) is 1.61. The molecule has 1 fully saturated rings. The molecule has 2 nitrogen and oxygen atoms in total. The number of hydrogen-bond acceptors (Lipinski definition) is 3. The van der Waals surface area contributed by atoms with Gasteiger partial charge in [-0.05, 0) is 24.5 Å². The van der Waals surface area contributed by atoms with E-state index in [1.54, 1.807) is 23.9 Å². The second-order valence-corrected chi connectivity index (χ2v) is 5.30. The molecule has 1 heterocycles. The lowest BCUT2D eigenvalue weighted by molar-refractivity contribution is 0.1000. The van der Waals surface area contributed by atoms with Gasteiger partial charge in [0.25, 0.3) is 0 Å². The van der Waals surface area contributed by atoms with Crippen LogP contribution in [0.15, 0.2) is 18.2 Å². The molecule has 1 aliphatic rings.